The lowest BCUT2D eigenvalue weighted by molar-refractivity contribution is 0.158. The van der Waals surface area contributed by atoms with Crippen LogP contribution in [0.4, 0.5) is 4.39 Å². The number of nitrogens with zero attached hydrogens (tertiary/aromatic N) is 1. The van der Waals surface area contributed by atoms with Gasteiger partial charge in [-0.3, -0.25) is 4.98 Å². The number of para-hydroxylation sites is 1. The van der Waals surface area contributed by atoms with E-state index in [-0.39, 0.29) is 0 Å². The molecule has 0 spiro atoms. The third kappa shape index (κ3) is 2.24. The predicted molar refractivity (Wildman–Crippen MR) is 65.7 cm³/mol. The zero-order valence-corrected chi connectivity index (χ0v) is 10.0. The Morgan fingerprint density at radius 3 is 2.89 bits per heavy atom. The highest BCUT2D eigenvalue weighted by Gasteiger charge is 2.22. The molecule has 1 aromatic heterocycles. The molecular weight excluding hydrogens is 249 g/mol. The summed E-state index contributed by atoms with van der Waals surface area (Å²) in [6.07, 6.45) is 1.52. The summed E-state index contributed by atoms with van der Waals surface area (Å²) in [5.41, 5.74) is 0.923. The first-order valence-electron chi connectivity index (χ1n) is 5.93. The molecule has 5 heteroatoms. The highest BCUT2D eigenvalue weighted by molar-refractivity contribution is 5.50. The van der Waals surface area contributed by atoms with E-state index in [2.05, 4.69) is 4.98 Å². The van der Waals surface area contributed by atoms with Gasteiger partial charge in [-0.1, -0.05) is 12.1 Å². The van der Waals surface area contributed by atoms with Gasteiger partial charge in [-0.15, -0.1) is 0 Å². The van der Waals surface area contributed by atoms with Gasteiger partial charge >= 0.3 is 0 Å². The molecule has 1 aliphatic rings. The van der Waals surface area contributed by atoms with Crippen molar-refractivity contribution in [3.8, 4) is 11.5 Å². The van der Waals surface area contributed by atoms with Gasteiger partial charge in [0.25, 0.3) is 0 Å². The summed E-state index contributed by atoms with van der Waals surface area (Å²) >= 11 is 0. The number of benzene rings is 1. The zero-order valence-electron chi connectivity index (χ0n) is 10.0. The maximum absolute atomic E-state index is 13.2. The van der Waals surface area contributed by atoms with Gasteiger partial charge in [0.05, 0.1) is 6.20 Å². The highest BCUT2D eigenvalue weighted by atomic mass is 19.1. The molecule has 2 aromatic rings. The average molecular weight is 261 g/mol. The standard InChI is InChI=1S/C14H12FNO3/c15-10-6-9(7-16-8-10)13(17)11-2-1-3-12-14(11)19-5-4-18-12/h1-3,6-8,13,17H,4-5H2. The molecule has 0 radical (unpaired) electrons. The van der Waals surface area contributed by atoms with Crippen molar-refractivity contribution in [1.29, 1.82) is 0 Å². The van der Waals surface area contributed by atoms with Crippen LogP contribution < -0.4 is 9.47 Å². The Kier molecular flexibility index (Phi) is 3.05. The molecule has 2 heterocycles. The van der Waals surface area contributed by atoms with Crippen LogP contribution in [-0.2, 0) is 0 Å². The molecule has 1 atom stereocenters. The molecule has 0 bridgehead atoms. The Morgan fingerprint density at radius 2 is 2.05 bits per heavy atom. The Morgan fingerprint density at radius 1 is 1.21 bits per heavy atom. The SMILES string of the molecule is OC(c1cncc(F)c1)c1cccc2c1OCCO2. The molecule has 0 aliphatic carbocycles. The lowest BCUT2D eigenvalue weighted by Crippen LogP contribution is -2.17. The second-order valence-corrected chi connectivity index (χ2v) is 4.21. The van der Waals surface area contributed by atoms with Crippen molar-refractivity contribution in [1.82, 2.24) is 4.98 Å². The summed E-state index contributed by atoms with van der Waals surface area (Å²) in [6, 6.07) is 6.51. The topological polar surface area (TPSA) is 51.6 Å². The van der Waals surface area contributed by atoms with E-state index < -0.39 is 11.9 Å². The van der Waals surface area contributed by atoms with Crippen LogP contribution >= 0.6 is 0 Å². The summed E-state index contributed by atoms with van der Waals surface area (Å²) in [7, 11) is 0. The molecule has 1 aliphatic heterocycles. The van der Waals surface area contributed by atoms with E-state index in [0.717, 1.165) is 6.20 Å². The first kappa shape index (κ1) is 11.9. The normalized spacial score (nSPS) is 15.1. The van der Waals surface area contributed by atoms with Gasteiger partial charge in [0, 0.05) is 17.3 Å². The van der Waals surface area contributed by atoms with Crippen molar-refractivity contribution in [2.24, 2.45) is 0 Å². The van der Waals surface area contributed by atoms with Crippen molar-refractivity contribution in [3.63, 3.8) is 0 Å². The number of rotatable bonds is 2. The van der Waals surface area contributed by atoms with Crippen molar-refractivity contribution < 1.29 is 19.0 Å². The summed E-state index contributed by atoms with van der Waals surface area (Å²) < 4.78 is 24.1. The quantitative estimate of drug-likeness (QED) is 0.899. The molecule has 0 amide bonds. The molecule has 1 N–H and O–H groups in total. The number of hydrogen-bond donors (Lipinski definition) is 1. The summed E-state index contributed by atoms with van der Waals surface area (Å²) in [5.74, 6) is 0.608. The molecule has 98 valence electrons. The number of hydrogen-bond acceptors (Lipinski definition) is 4. The van der Waals surface area contributed by atoms with Crippen LogP contribution in [-0.4, -0.2) is 23.3 Å². The van der Waals surface area contributed by atoms with Crippen molar-refractivity contribution in [2.75, 3.05) is 13.2 Å². The maximum atomic E-state index is 13.2. The molecule has 3 rings (SSSR count). The fraction of sp³-hybridized carbons (Fsp3) is 0.214. The first-order chi connectivity index (χ1) is 9.25. The number of ether oxygens (including phenoxy) is 2. The van der Waals surface area contributed by atoms with E-state index in [4.69, 9.17) is 9.47 Å². The Hall–Kier alpha value is -2.14. The van der Waals surface area contributed by atoms with Crippen molar-refractivity contribution in [2.45, 2.75) is 6.10 Å². The maximum Gasteiger partial charge on any atom is 0.167 e. The third-order valence-electron chi connectivity index (χ3n) is 2.93. The lowest BCUT2D eigenvalue weighted by Gasteiger charge is -2.23. The van der Waals surface area contributed by atoms with E-state index in [1.807, 2.05) is 0 Å². The molecule has 1 aromatic carbocycles. The van der Waals surface area contributed by atoms with E-state index in [1.165, 1.54) is 12.3 Å². The van der Waals surface area contributed by atoms with Crippen molar-refractivity contribution in [3.05, 3.63) is 53.6 Å². The lowest BCUT2D eigenvalue weighted by atomic mass is 10.0. The molecule has 1 unspecified atom stereocenters. The number of aliphatic hydroxyl groups excluding tert-OH is 1. The van der Waals surface area contributed by atoms with E-state index >= 15 is 0 Å². The van der Waals surface area contributed by atoms with Crippen LogP contribution in [0.3, 0.4) is 0 Å². The first-order valence-corrected chi connectivity index (χ1v) is 5.93. The molecule has 0 fully saturated rings. The zero-order chi connectivity index (χ0) is 13.2. The number of halogens is 1. The minimum atomic E-state index is -1.00. The van der Waals surface area contributed by atoms with Crippen LogP contribution in [0.1, 0.15) is 17.2 Å². The molecule has 4 nitrogen and oxygen atoms in total. The fourth-order valence-corrected chi connectivity index (χ4v) is 2.07. The minimum absolute atomic E-state index is 0.377. The molecule has 19 heavy (non-hydrogen) atoms. The smallest absolute Gasteiger partial charge is 0.167 e. The van der Waals surface area contributed by atoms with Gasteiger partial charge < -0.3 is 14.6 Å². The number of aliphatic hydroxyl groups is 1. The van der Waals surface area contributed by atoms with Gasteiger partial charge in [-0.2, -0.15) is 0 Å². The monoisotopic (exact) mass is 261 g/mol. The number of pyridine rings is 1. The number of aromatic nitrogens is 1. The molecular formula is C14H12FNO3. The van der Waals surface area contributed by atoms with Crippen LogP contribution in [0.5, 0.6) is 11.5 Å². The van der Waals surface area contributed by atoms with Gasteiger partial charge in [0.2, 0.25) is 0 Å². The minimum Gasteiger partial charge on any atom is -0.486 e. The van der Waals surface area contributed by atoms with Gasteiger partial charge in [0.15, 0.2) is 11.5 Å². The summed E-state index contributed by atoms with van der Waals surface area (Å²) in [5, 5.41) is 10.3. The van der Waals surface area contributed by atoms with E-state index in [9.17, 15) is 9.50 Å². The van der Waals surface area contributed by atoms with Crippen LogP contribution in [0.25, 0.3) is 0 Å². The third-order valence-corrected chi connectivity index (χ3v) is 2.93. The Labute approximate surface area is 109 Å². The van der Waals surface area contributed by atoms with Crippen LogP contribution in [0, 0.1) is 5.82 Å². The van der Waals surface area contributed by atoms with Gasteiger partial charge in [0.1, 0.15) is 25.1 Å². The Balaban J connectivity index is 2.02. The van der Waals surface area contributed by atoms with Gasteiger partial charge in [-0.25, -0.2) is 4.39 Å². The summed E-state index contributed by atoms with van der Waals surface area (Å²) in [4.78, 5) is 3.74. The van der Waals surface area contributed by atoms with E-state index in [1.54, 1.807) is 18.2 Å². The van der Waals surface area contributed by atoms with E-state index in [0.29, 0.717) is 35.8 Å². The fourth-order valence-electron chi connectivity index (χ4n) is 2.07. The second kappa shape index (κ2) is 4.85. The number of fused-ring (bicyclic) bond motifs is 1. The molecule has 0 saturated heterocycles. The Bertz CT molecular complexity index is 603. The summed E-state index contributed by atoms with van der Waals surface area (Å²) in [6.45, 7) is 0.909. The van der Waals surface area contributed by atoms with Crippen LogP contribution in [0.15, 0.2) is 36.7 Å². The largest absolute Gasteiger partial charge is 0.486 e. The predicted octanol–water partition coefficient (Wildman–Crippen LogP) is 2.07. The van der Waals surface area contributed by atoms with Gasteiger partial charge in [-0.05, 0) is 12.1 Å². The molecule has 0 saturated carbocycles. The van der Waals surface area contributed by atoms with Crippen molar-refractivity contribution >= 4 is 0 Å². The van der Waals surface area contributed by atoms with Crippen LogP contribution in [0.2, 0.25) is 0 Å². The highest BCUT2D eigenvalue weighted by Crippen LogP contribution is 2.38. The second-order valence-electron chi connectivity index (χ2n) is 4.21. The average Bonchev–Trinajstić information content (AvgIpc) is 2.46.